The van der Waals surface area contributed by atoms with Gasteiger partial charge in [-0.25, -0.2) is 4.79 Å². The molecule has 1 heterocycles. The fourth-order valence-corrected chi connectivity index (χ4v) is 2.69. The van der Waals surface area contributed by atoms with E-state index in [9.17, 15) is 19.2 Å². The molecule has 0 bridgehead atoms. The Morgan fingerprint density at radius 2 is 1.96 bits per heavy atom. The maximum absolute atomic E-state index is 12.3. The quantitative estimate of drug-likeness (QED) is 0.539. The summed E-state index contributed by atoms with van der Waals surface area (Å²) in [5.41, 5.74) is 0.432. The van der Waals surface area contributed by atoms with E-state index < -0.39 is 36.3 Å². The van der Waals surface area contributed by atoms with E-state index in [0.717, 1.165) is 4.90 Å². The van der Waals surface area contributed by atoms with Gasteiger partial charge in [-0.2, -0.15) is 0 Å². The van der Waals surface area contributed by atoms with Crippen LogP contribution in [-0.4, -0.2) is 46.3 Å². The van der Waals surface area contributed by atoms with Crippen molar-refractivity contribution in [1.82, 2.24) is 10.2 Å². The van der Waals surface area contributed by atoms with Crippen molar-refractivity contribution in [2.75, 3.05) is 6.54 Å². The van der Waals surface area contributed by atoms with Gasteiger partial charge < -0.3 is 10.4 Å². The molecule has 2 N–H and O–H groups in total. The molecule has 1 unspecified atom stereocenters. The Morgan fingerprint density at radius 3 is 2.58 bits per heavy atom. The van der Waals surface area contributed by atoms with Gasteiger partial charge >= 0.3 is 5.97 Å². The van der Waals surface area contributed by atoms with Crippen LogP contribution in [-0.2, 0) is 9.59 Å². The molecule has 1 aliphatic rings. The minimum absolute atomic E-state index is 0.180. The zero-order chi connectivity index (χ0) is 17.9. The summed E-state index contributed by atoms with van der Waals surface area (Å²) in [5, 5.41) is 11.4. The van der Waals surface area contributed by atoms with E-state index in [-0.39, 0.29) is 17.5 Å². The van der Waals surface area contributed by atoms with Gasteiger partial charge in [0.1, 0.15) is 12.6 Å². The van der Waals surface area contributed by atoms with Crippen LogP contribution >= 0.6 is 15.9 Å². The number of nitrogens with one attached hydrogen (secondary N) is 1. The largest absolute Gasteiger partial charge is 0.480 e. The number of allylic oxidation sites excluding steroid dienone is 1. The van der Waals surface area contributed by atoms with E-state index in [1.807, 2.05) is 0 Å². The van der Waals surface area contributed by atoms with Gasteiger partial charge in [0.2, 0.25) is 5.91 Å². The highest BCUT2D eigenvalue weighted by Gasteiger charge is 2.37. The van der Waals surface area contributed by atoms with Crippen molar-refractivity contribution >= 4 is 39.6 Å². The summed E-state index contributed by atoms with van der Waals surface area (Å²) in [7, 11) is 0. The first-order valence-corrected chi connectivity index (χ1v) is 7.93. The summed E-state index contributed by atoms with van der Waals surface area (Å²) in [4.78, 5) is 48.4. The molecule has 0 saturated carbocycles. The summed E-state index contributed by atoms with van der Waals surface area (Å²) in [6.07, 6.45) is 2.14. The number of amides is 3. The standard InChI is InChI=1S/C16H15BrN2O5/c1-2-3-4-12(16(23)24)18-13(20)8-19-14(21)10-6-5-9(17)7-11(10)15(19)22/h2,5-7,12H,1,3-4,8H2,(H,18,20)(H,23,24). The first kappa shape index (κ1) is 17.9. The van der Waals surface area contributed by atoms with Gasteiger partial charge in [0.15, 0.2) is 0 Å². The average Bonchev–Trinajstić information content (AvgIpc) is 2.75. The number of carbonyl (C=O) groups excluding carboxylic acids is 3. The van der Waals surface area contributed by atoms with Crippen molar-refractivity contribution in [1.29, 1.82) is 0 Å². The van der Waals surface area contributed by atoms with Crippen LogP contribution in [0, 0.1) is 0 Å². The number of benzene rings is 1. The number of carboxylic acids is 1. The molecule has 2 rings (SSSR count). The highest BCUT2D eigenvalue weighted by molar-refractivity contribution is 9.10. The van der Waals surface area contributed by atoms with E-state index in [4.69, 9.17) is 5.11 Å². The first-order chi connectivity index (χ1) is 11.3. The third-order valence-electron chi connectivity index (χ3n) is 3.53. The Bertz CT molecular complexity index is 731. The van der Waals surface area contributed by atoms with Crippen LogP contribution in [0.25, 0.3) is 0 Å². The van der Waals surface area contributed by atoms with Gasteiger partial charge in [0, 0.05) is 4.47 Å². The molecular weight excluding hydrogens is 380 g/mol. The topological polar surface area (TPSA) is 104 Å². The number of fused-ring (bicyclic) bond motifs is 1. The highest BCUT2D eigenvalue weighted by atomic mass is 79.9. The number of halogens is 1. The Labute approximate surface area is 146 Å². The molecule has 0 radical (unpaired) electrons. The zero-order valence-electron chi connectivity index (χ0n) is 12.6. The molecule has 0 spiro atoms. The second kappa shape index (κ2) is 7.39. The zero-order valence-corrected chi connectivity index (χ0v) is 14.2. The number of rotatable bonds is 7. The summed E-state index contributed by atoms with van der Waals surface area (Å²) < 4.78 is 0.643. The fourth-order valence-electron chi connectivity index (χ4n) is 2.33. The minimum atomic E-state index is -1.18. The molecular formula is C16H15BrN2O5. The predicted octanol–water partition coefficient (Wildman–Crippen LogP) is 1.58. The Balaban J connectivity index is 2.07. The number of imide groups is 1. The predicted molar refractivity (Wildman–Crippen MR) is 88.5 cm³/mol. The van der Waals surface area contributed by atoms with E-state index in [1.54, 1.807) is 12.1 Å². The molecule has 1 aliphatic heterocycles. The van der Waals surface area contributed by atoms with Crippen molar-refractivity contribution in [3.63, 3.8) is 0 Å². The number of aliphatic carboxylic acids is 1. The van der Waals surface area contributed by atoms with E-state index in [2.05, 4.69) is 27.8 Å². The number of hydrogen-bond acceptors (Lipinski definition) is 4. The van der Waals surface area contributed by atoms with E-state index in [1.165, 1.54) is 12.1 Å². The lowest BCUT2D eigenvalue weighted by Gasteiger charge is -2.17. The van der Waals surface area contributed by atoms with Gasteiger partial charge in [-0.1, -0.05) is 22.0 Å². The molecule has 1 aromatic carbocycles. The van der Waals surface area contributed by atoms with Crippen molar-refractivity contribution in [2.24, 2.45) is 0 Å². The third kappa shape index (κ3) is 3.70. The van der Waals surface area contributed by atoms with Gasteiger partial charge in [0.05, 0.1) is 11.1 Å². The monoisotopic (exact) mass is 394 g/mol. The van der Waals surface area contributed by atoms with E-state index >= 15 is 0 Å². The number of carboxylic acid groups (broad SMARTS) is 1. The number of hydrogen-bond donors (Lipinski definition) is 2. The molecule has 126 valence electrons. The first-order valence-electron chi connectivity index (χ1n) is 7.14. The Kier molecular flexibility index (Phi) is 5.50. The second-order valence-electron chi connectivity index (χ2n) is 5.21. The Morgan fingerprint density at radius 1 is 1.29 bits per heavy atom. The van der Waals surface area contributed by atoms with Crippen molar-refractivity contribution in [2.45, 2.75) is 18.9 Å². The molecule has 1 aromatic rings. The van der Waals surface area contributed by atoms with Crippen molar-refractivity contribution < 1.29 is 24.3 Å². The summed E-state index contributed by atoms with van der Waals surface area (Å²) in [6, 6.07) is 3.54. The maximum Gasteiger partial charge on any atom is 0.326 e. The summed E-state index contributed by atoms with van der Waals surface area (Å²) in [6.45, 7) is 2.97. The van der Waals surface area contributed by atoms with Crippen molar-refractivity contribution in [3.8, 4) is 0 Å². The highest BCUT2D eigenvalue weighted by Crippen LogP contribution is 2.25. The molecule has 24 heavy (non-hydrogen) atoms. The van der Waals surface area contributed by atoms with Gasteiger partial charge in [0.25, 0.3) is 11.8 Å². The molecule has 0 saturated heterocycles. The smallest absolute Gasteiger partial charge is 0.326 e. The SMILES string of the molecule is C=CCCC(NC(=O)CN1C(=O)c2ccc(Br)cc2C1=O)C(=O)O. The van der Waals surface area contributed by atoms with Crippen LogP contribution in [0.1, 0.15) is 33.6 Å². The molecule has 0 aliphatic carbocycles. The number of carbonyl (C=O) groups is 4. The number of nitrogens with zero attached hydrogens (tertiary/aromatic N) is 1. The molecule has 3 amide bonds. The van der Waals surface area contributed by atoms with Crippen LogP contribution < -0.4 is 5.32 Å². The molecule has 0 fully saturated rings. The van der Waals surface area contributed by atoms with Crippen LogP contribution in [0.5, 0.6) is 0 Å². The lowest BCUT2D eigenvalue weighted by molar-refractivity contribution is -0.142. The summed E-state index contributed by atoms with van der Waals surface area (Å²) >= 11 is 3.22. The lowest BCUT2D eigenvalue weighted by atomic mass is 10.1. The Hall–Kier alpha value is -2.48. The van der Waals surface area contributed by atoms with Gasteiger partial charge in [-0.15, -0.1) is 6.58 Å². The van der Waals surface area contributed by atoms with Crippen LogP contribution in [0.15, 0.2) is 35.3 Å². The molecule has 8 heteroatoms. The van der Waals surface area contributed by atoms with E-state index in [0.29, 0.717) is 10.9 Å². The third-order valence-corrected chi connectivity index (χ3v) is 4.02. The van der Waals surface area contributed by atoms with Crippen LogP contribution in [0.2, 0.25) is 0 Å². The molecule has 0 aromatic heterocycles. The molecule has 7 nitrogen and oxygen atoms in total. The molecule has 1 atom stereocenters. The summed E-state index contributed by atoms with van der Waals surface area (Å²) in [5.74, 6) is -3.04. The maximum atomic E-state index is 12.3. The van der Waals surface area contributed by atoms with Crippen molar-refractivity contribution in [3.05, 3.63) is 46.5 Å². The van der Waals surface area contributed by atoms with Crippen LogP contribution in [0.3, 0.4) is 0 Å². The van der Waals surface area contributed by atoms with Gasteiger partial charge in [-0.3, -0.25) is 19.3 Å². The second-order valence-corrected chi connectivity index (χ2v) is 6.13. The average molecular weight is 395 g/mol. The van der Waals surface area contributed by atoms with Crippen LogP contribution in [0.4, 0.5) is 0 Å². The normalized spacial score (nSPS) is 14.3. The van der Waals surface area contributed by atoms with Gasteiger partial charge in [-0.05, 0) is 31.0 Å². The minimum Gasteiger partial charge on any atom is -0.480 e. The lowest BCUT2D eigenvalue weighted by Crippen LogP contribution is -2.46. The fraction of sp³-hybridized carbons (Fsp3) is 0.250.